The molecule has 0 bridgehead atoms. The molecular formula is C19H23N3OS. The van der Waals surface area contributed by atoms with Crippen LogP contribution < -0.4 is 15.4 Å². The zero-order valence-corrected chi connectivity index (χ0v) is 14.7. The van der Waals surface area contributed by atoms with Crippen LogP contribution in [0.2, 0.25) is 0 Å². The molecule has 126 valence electrons. The molecule has 2 N–H and O–H groups in total. The van der Waals surface area contributed by atoms with Crippen LogP contribution in [0.25, 0.3) is 0 Å². The first-order valence-electron chi connectivity index (χ1n) is 8.21. The molecule has 2 aromatic carbocycles. The van der Waals surface area contributed by atoms with Gasteiger partial charge in [-0.15, -0.1) is 0 Å². The highest BCUT2D eigenvalue weighted by Crippen LogP contribution is 2.17. The Bertz CT molecular complexity index is 677. The van der Waals surface area contributed by atoms with Crippen molar-refractivity contribution in [3.05, 3.63) is 60.2 Å². The van der Waals surface area contributed by atoms with Gasteiger partial charge in [-0.2, -0.15) is 0 Å². The quantitative estimate of drug-likeness (QED) is 0.817. The summed E-state index contributed by atoms with van der Waals surface area (Å²) in [5.74, 6) is 0.817. The van der Waals surface area contributed by atoms with Gasteiger partial charge in [-0.05, 0) is 36.3 Å². The first-order chi connectivity index (χ1) is 11.7. The number of benzene rings is 2. The second kappa shape index (κ2) is 8.13. The van der Waals surface area contributed by atoms with Gasteiger partial charge < -0.3 is 15.4 Å². The van der Waals surface area contributed by atoms with E-state index in [1.165, 1.54) is 5.56 Å². The molecule has 1 aliphatic heterocycles. The number of thiocarbonyl (C=S) groups is 1. The predicted molar refractivity (Wildman–Crippen MR) is 102 cm³/mol. The molecule has 1 unspecified atom stereocenters. The largest absolute Gasteiger partial charge is 0.497 e. The molecule has 0 saturated carbocycles. The Balaban J connectivity index is 1.47. The monoisotopic (exact) mass is 341 g/mol. The van der Waals surface area contributed by atoms with E-state index in [1.807, 2.05) is 24.3 Å². The molecule has 1 aliphatic rings. The third-order valence-electron chi connectivity index (χ3n) is 4.18. The number of methoxy groups -OCH3 is 1. The molecule has 0 spiro atoms. The van der Waals surface area contributed by atoms with Crippen molar-refractivity contribution in [1.82, 2.24) is 10.2 Å². The molecule has 0 radical (unpaired) electrons. The molecular weight excluding hydrogens is 318 g/mol. The Hall–Kier alpha value is -2.11. The van der Waals surface area contributed by atoms with E-state index in [0.29, 0.717) is 11.2 Å². The predicted octanol–water partition coefficient (Wildman–Crippen LogP) is 3.26. The van der Waals surface area contributed by atoms with E-state index in [9.17, 15) is 0 Å². The number of hydrogen-bond acceptors (Lipinski definition) is 3. The van der Waals surface area contributed by atoms with Crippen LogP contribution in [0.1, 0.15) is 12.0 Å². The lowest BCUT2D eigenvalue weighted by Crippen LogP contribution is -2.39. The molecule has 1 heterocycles. The minimum absolute atomic E-state index is 0.388. The Labute approximate surface area is 148 Å². The standard InChI is InChI=1S/C19H23N3OS/c1-23-18-9-5-8-16(12-18)20-19(24)21-17-10-11-22(14-17)13-15-6-3-2-4-7-15/h2-9,12,17H,10-11,13-14H2,1H3,(H2,20,21,24). The Morgan fingerprint density at radius 3 is 2.83 bits per heavy atom. The number of likely N-dealkylation sites (tertiary alicyclic amines) is 1. The van der Waals surface area contributed by atoms with Crippen molar-refractivity contribution in [3.63, 3.8) is 0 Å². The highest BCUT2D eigenvalue weighted by molar-refractivity contribution is 7.80. The lowest BCUT2D eigenvalue weighted by molar-refractivity contribution is 0.324. The van der Waals surface area contributed by atoms with E-state index < -0.39 is 0 Å². The smallest absolute Gasteiger partial charge is 0.171 e. The minimum atomic E-state index is 0.388. The van der Waals surface area contributed by atoms with E-state index in [4.69, 9.17) is 17.0 Å². The average molecular weight is 341 g/mol. The summed E-state index contributed by atoms with van der Waals surface area (Å²) in [5.41, 5.74) is 2.29. The summed E-state index contributed by atoms with van der Waals surface area (Å²) in [5, 5.41) is 7.31. The Kier molecular flexibility index (Phi) is 5.67. The maximum atomic E-state index is 5.44. The molecule has 5 heteroatoms. The molecule has 0 aromatic heterocycles. The summed E-state index contributed by atoms with van der Waals surface area (Å²) in [7, 11) is 1.66. The molecule has 4 nitrogen and oxygen atoms in total. The number of rotatable bonds is 5. The van der Waals surface area contributed by atoms with Gasteiger partial charge in [-0.25, -0.2) is 0 Å². The van der Waals surface area contributed by atoms with Gasteiger partial charge in [0.2, 0.25) is 0 Å². The molecule has 24 heavy (non-hydrogen) atoms. The molecule has 3 rings (SSSR count). The summed E-state index contributed by atoms with van der Waals surface area (Å²) in [6, 6.07) is 18.8. The molecule has 1 atom stereocenters. The van der Waals surface area contributed by atoms with Crippen LogP contribution in [0.3, 0.4) is 0 Å². The van der Waals surface area contributed by atoms with E-state index in [2.05, 4.69) is 45.9 Å². The Morgan fingerprint density at radius 1 is 1.21 bits per heavy atom. The summed E-state index contributed by atoms with van der Waals surface area (Å²) >= 11 is 5.44. The van der Waals surface area contributed by atoms with Gasteiger partial charge in [0, 0.05) is 37.4 Å². The lowest BCUT2D eigenvalue weighted by Gasteiger charge is -2.18. The van der Waals surface area contributed by atoms with Crippen LogP contribution in [-0.2, 0) is 6.54 Å². The second-order valence-corrected chi connectivity index (χ2v) is 6.44. The van der Waals surface area contributed by atoms with Crippen molar-refractivity contribution >= 4 is 23.0 Å². The highest BCUT2D eigenvalue weighted by Gasteiger charge is 2.22. The van der Waals surface area contributed by atoms with E-state index in [0.717, 1.165) is 37.5 Å². The van der Waals surface area contributed by atoms with Gasteiger partial charge in [-0.3, -0.25) is 4.90 Å². The zero-order chi connectivity index (χ0) is 16.8. The third-order valence-corrected chi connectivity index (χ3v) is 4.40. The maximum absolute atomic E-state index is 5.44. The van der Waals surface area contributed by atoms with Crippen molar-refractivity contribution in [1.29, 1.82) is 0 Å². The van der Waals surface area contributed by atoms with Gasteiger partial charge in [0.25, 0.3) is 0 Å². The van der Waals surface area contributed by atoms with Gasteiger partial charge in [0.05, 0.1) is 7.11 Å². The van der Waals surface area contributed by atoms with Crippen molar-refractivity contribution in [2.45, 2.75) is 19.0 Å². The average Bonchev–Trinajstić information content (AvgIpc) is 3.02. The van der Waals surface area contributed by atoms with Crippen LogP contribution in [0.4, 0.5) is 5.69 Å². The normalized spacial score (nSPS) is 17.5. The van der Waals surface area contributed by atoms with E-state index >= 15 is 0 Å². The fourth-order valence-corrected chi connectivity index (χ4v) is 3.27. The molecule has 0 aliphatic carbocycles. The van der Waals surface area contributed by atoms with Crippen LogP contribution in [-0.4, -0.2) is 36.3 Å². The second-order valence-electron chi connectivity index (χ2n) is 6.04. The van der Waals surface area contributed by atoms with Crippen LogP contribution in [0.5, 0.6) is 5.75 Å². The summed E-state index contributed by atoms with van der Waals surface area (Å²) in [4.78, 5) is 2.46. The van der Waals surface area contributed by atoms with Gasteiger partial charge in [0.15, 0.2) is 5.11 Å². The fourth-order valence-electron chi connectivity index (χ4n) is 2.99. The highest BCUT2D eigenvalue weighted by atomic mass is 32.1. The van der Waals surface area contributed by atoms with Crippen molar-refractivity contribution < 1.29 is 4.74 Å². The van der Waals surface area contributed by atoms with Crippen molar-refractivity contribution in [2.24, 2.45) is 0 Å². The van der Waals surface area contributed by atoms with E-state index in [-0.39, 0.29) is 0 Å². The minimum Gasteiger partial charge on any atom is -0.497 e. The first-order valence-corrected chi connectivity index (χ1v) is 8.61. The lowest BCUT2D eigenvalue weighted by atomic mass is 10.2. The third kappa shape index (κ3) is 4.69. The number of hydrogen-bond donors (Lipinski definition) is 2. The fraction of sp³-hybridized carbons (Fsp3) is 0.316. The number of nitrogens with one attached hydrogen (secondary N) is 2. The number of nitrogens with zero attached hydrogens (tertiary/aromatic N) is 1. The van der Waals surface area contributed by atoms with E-state index in [1.54, 1.807) is 7.11 Å². The SMILES string of the molecule is COc1cccc(NC(=S)NC2CCN(Cc3ccccc3)C2)c1. The topological polar surface area (TPSA) is 36.5 Å². The molecule has 2 aromatic rings. The summed E-state index contributed by atoms with van der Waals surface area (Å²) in [6.07, 6.45) is 1.10. The van der Waals surface area contributed by atoms with Crippen LogP contribution in [0.15, 0.2) is 54.6 Å². The van der Waals surface area contributed by atoms with Crippen LogP contribution >= 0.6 is 12.2 Å². The molecule has 1 saturated heterocycles. The molecule has 0 amide bonds. The number of anilines is 1. The number of ether oxygens (including phenoxy) is 1. The van der Waals surface area contributed by atoms with Crippen LogP contribution in [0, 0.1) is 0 Å². The van der Waals surface area contributed by atoms with Gasteiger partial charge in [0.1, 0.15) is 5.75 Å². The van der Waals surface area contributed by atoms with Gasteiger partial charge in [-0.1, -0.05) is 36.4 Å². The Morgan fingerprint density at radius 2 is 2.04 bits per heavy atom. The van der Waals surface area contributed by atoms with Gasteiger partial charge >= 0.3 is 0 Å². The maximum Gasteiger partial charge on any atom is 0.171 e. The molecule has 1 fully saturated rings. The zero-order valence-electron chi connectivity index (χ0n) is 13.9. The van der Waals surface area contributed by atoms with Crippen molar-refractivity contribution in [2.75, 3.05) is 25.5 Å². The summed E-state index contributed by atoms with van der Waals surface area (Å²) < 4.78 is 5.23. The summed E-state index contributed by atoms with van der Waals surface area (Å²) in [6.45, 7) is 3.10. The first kappa shape index (κ1) is 16.7. The van der Waals surface area contributed by atoms with Crippen molar-refractivity contribution in [3.8, 4) is 5.75 Å².